The van der Waals surface area contributed by atoms with E-state index >= 15 is 0 Å². The van der Waals surface area contributed by atoms with Crippen molar-refractivity contribution in [2.24, 2.45) is 0 Å². The number of fused-ring (bicyclic) bond motifs is 6. The third kappa shape index (κ3) is 6.39. The molecule has 0 saturated carbocycles. The number of benzene rings is 9. The van der Waals surface area contributed by atoms with Crippen LogP contribution in [0.15, 0.2) is 212 Å². The van der Waals surface area contributed by atoms with Crippen LogP contribution in [0.5, 0.6) is 11.5 Å². The lowest BCUT2D eigenvalue weighted by Gasteiger charge is -2.35. The van der Waals surface area contributed by atoms with Crippen molar-refractivity contribution >= 4 is 17.1 Å². The second kappa shape index (κ2) is 15.4. The minimum atomic E-state index is -0.600. The van der Waals surface area contributed by atoms with Crippen LogP contribution in [0.25, 0.3) is 33.4 Å². The first kappa shape index (κ1) is 39.4. The first-order chi connectivity index (χ1) is 31.2. The molecule has 0 spiro atoms. The molecule has 9 aromatic rings. The summed E-state index contributed by atoms with van der Waals surface area (Å²) >= 11 is 0. The summed E-state index contributed by atoms with van der Waals surface area (Å²) in [4.78, 5) is 2.46. The van der Waals surface area contributed by atoms with Gasteiger partial charge in [0.15, 0.2) is 0 Å². The summed E-state index contributed by atoms with van der Waals surface area (Å²) in [6.07, 6.45) is 0. The highest BCUT2D eigenvalue weighted by molar-refractivity contribution is 5.91. The van der Waals surface area contributed by atoms with Crippen LogP contribution in [-0.4, -0.2) is 0 Å². The summed E-state index contributed by atoms with van der Waals surface area (Å²) < 4.78 is 6.47. The van der Waals surface area contributed by atoms with E-state index in [1.807, 2.05) is 0 Å². The zero-order valence-electron chi connectivity index (χ0n) is 37.1. The summed E-state index contributed by atoms with van der Waals surface area (Å²) in [5.41, 5.74) is 20.3. The molecule has 0 bridgehead atoms. The molecule has 310 valence electrons. The Labute approximate surface area is 378 Å². The maximum Gasteiger partial charge on any atom is 0.127 e. The van der Waals surface area contributed by atoms with Gasteiger partial charge in [-0.2, -0.15) is 0 Å². The molecule has 0 amide bonds. The van der Waals surface area contributed by atoms with Crippen LogP contribution in [0.2, 0.25) is 0 Å². The number of aryl methyl sites for hydroxylation is 1. The number of ether oxygens (including phenoxy) is 1. The molecule has 1 atom stereocenters. The van der Waals surface area contributed by atoms with Crippen molar-refractivity contribution < 1.29 is 4.74 Å². The van der Waals surface area contributed by atoms with Gasteiger partial charge >= 0.3 is 0 Å². The fraction of sp³-hybridized carbons (Fsp3) is 0.129. The highest BCUT2D eigenvalue weighted by atomic mass is 16.5. The third-order valence-electron chi connectivity index (χ3n) is 13.9. The molecular formula is C62H51NO. The van der Waals surface area contributed by atoms with Crippen molar-refractivity contribution in [3.8, 4) is 44.9 Å². The van der Waals surface area contributed by atoms with Crippen LogP contribution in [0, 0.1) is 6.92 Å². The Morgan fingerprint density at radius 2 is 0.875 bits per heavy atom. The lowest BCUT2D eigenvalue weighted by Crippen LogP contribution is -2.28. The van der Waals surface area contributed by atoms with Gasteiger partial charge in [-0.15, -0.1) is 0 Å². The van der Waals surface area contributed by atoms with Gasteiger partial charge in [0, 0.05) is 22.5 Å². The van der Waals surface area contributed by atoms with Crippen LogP contribution in [0.3, 0.4) is 0 Å². The number of hydrogen-bond acceptors (Lipinski definition) is 2. The second-order valence-corrected chi connectivity index (χ2v) is 18.4. The fourth-order valence-electron chi connectivity index (χ4n) is 10.5. The number of nitrogens with zero attached hydrogens (tertiary/aromatic N) is 1. The average molecular weight is 826 g/mol. The Hall–Kier alpha value is -7.42. The Balaban J connectivity index is 1.09. The van der Waals surface area contributed by atoms with Crippen molar-refractivity contribution in [1.82, 2.24) is 0 Å². The van der Waals surface area contributed by atoms with Gasteiger partial charge in [0.1, 0.15) is 11.5 Å². The second-order valence-electron chi connectivity index (χ2n) is 18.4. The molecule has 0 aromatic heterocycles. The zero-order chi connectivity index (χ0) is 43.6. The van der Waals surface area contributed by atoms with Crippen molar-refractivity contribution in [2.75, 3.05) is 4.90 Å². The van der Waals surface area contributed by atoms with Crippen LogP contribution < -0.4 is 9.64 Å². The lowest BCUT2D eigenvalue weighted by molar-refractivity contribution is 0.482. The summed E-state index contributed by atoms with van der Waals surface area (Å²) in [5.74, 6) is 2.11. The first-order valence-electron chi connectivity index (χ1n) is 22.6. The largest absolute Gasteiger partial charge is 0.457 e. The molecular weight excluding hydrogens is 775 g/mol. The normalized spacial score (nSPS) is 15.3. The molecule has 2 nitrogen and oxygen atoms in total. The highest BCUT2D eigenvalue weighted by Crippen LogP contribution is 2.58. The van der Waals surface area contributed by atoms with E-state index in [9.17, 15) is 0 Å². The summed E-state index contributed by atoms with van der Waals surface area (Å²) in [6, 6.07) is 78.3. The van der Waals surface area contributed by atoms with E-state index in [4.69, 9.17) is 4.74 Å². The lowest BCUT2D eigenvalue weighted by atomic mass is 9.67. The van der Waals surface area contributed by atoms with Gasteiger partial charge in [0.05, 0.1) is 5.41 Å². The predicted octanol–water partition coefficient (Wildman–Crippen LogP) is 16.7. The Kier molecular flexibility index (Phi) is 9.51. The topological polar surface area (TPSA) is 12.5 Å². The maximum atomic E-state index is 6.47. The van der Waals surface area contributed by atoms with E-state index in [0.717, 1.165) is 28.6 Å². The standard InChI is InChI=1S/C62H51NO/c1-41(2)43-23-33-51(34-24-43)64-52-35-27-47(28-36-52)62(46-25-19-42(3)20-26-46)58-18-12-10-16-54(58)56-38-32-50(40-60(56)62)63(48-29-21-45(22-30-48)44-13-7-6-8-14-44)49-31-37-55-53-15-9-11-17-57(53)61(4,5)59(55)39-49/h6-41H,1-5H3. The molecule has 0 aliphatic heterocycles. The van der Waals surface area contributed by atoms with E-state index in [0.29, 0.717) is 5.92 Å². The van der Waals surface area contributed by atoms with Gasteiger partial charge < -0.3 is 9.64 Å². The molecule has 64 heavy (non-hydrogen) atoms. The Bertz CT molecular complexity index is 3160. The Morgan fingerprint density at radius 1 is 0.406 bits per heavy atom. The minimum absolute atomic E-state index is 0.141. The van der Waals surface area contributed by atoms with E-state index in [2.05, 4.69) is 252 Å². The predicted molar refractivity (Wildman–Crippen MR) is 267 cm³/mol. The molecule has 2 heteroatoms. The molecule has 1 unspecified atom stereocenters. The minimum Gasteiger partial charge on any atom is -0.457 e. The monoisotopic (exact) mass is 825 g/mol. The summed E-state index contributed by atoms with van der Waals surface area (Å²) in [5, 5.41) is 0. The van der Waals surface area contributed by atoms with Crippen LogP contribution in [0.1, 0.15) is 78.1 Å². The van der Waals surface area contributed by atoms with Crippen LogP contribution >= 0.6 is 0 Å². The quantitative estimate of drug-likeness (QED) is 0.144. The molecule has 2 aliphatic carbocycles. The van der Waals surface area contributed by atoms with Gasteiger partial charge in [-0.05, 0) is 146 Å². The zero-order valence-corrected chi connectivity index (χ0v) is 37.1. The van der Waals surface area contributed by atoms with E-state index < -0.39 is 5.41 Å². The van der Waals surface area contributed by atoms with Gasteiger partial charge in [-0.3, -0.25) is 0 Å². The molecule has 0 saturated heterocycles. The molecule has 2 aliphatic rings. The molecule has 0 N–H and O–H groups in total. The van der Waals surface area contributed by atoms with Crippen molar-refractivity contribution in [1.29, 1.82) is 0 Å². The Morgan fingerprint density at radius 3 is 1.50 bits per heavy atom. The van der Waals surface area contributed by atoms with Crippen LogP contribution in [0.4, 0.5) is 17.1 Å². The highest BCUT2D eigenvalue weighted by Gasteiger charge is 2.46. The van der Waals surface area contributed by atoms with Gasteiger partial charge in [-0.25, -0.2) is 0 Å². The van der Waals surface area contributed by atoms with Crippen LogP contribution in [-0.2, 0) is 10.8 Å². The van der Waals surface area contributed by atoms with E-state index in [1.165, 1.54) is 77.9 Å². The first-order valence-corrected chi connectivity index (χ1v) is 22.6. The molecule has 0 heterocycles. The number of anilines is 3. The van der Waals surface area contributed by atoms with Gasteiger partial charge in [0.25, 0.3) is 0 Å². The SMILES string of the molecule is Cc1ccc(C2(c3ccc(Oc4ccc(C(C)C)cc4)cc3)c3ccccc3-c3ccc(N(c4ccc(-c5ccccc5)cc4)c4ccc5c(c4)C(C)(C)c4ccccc4-5)cc32)cc1. The van der Waals surface area contributed by atoms with E-state index in [-0.39, 0.29) is 5.41 Å². The van der Waals surface area contributed by atoms with Crippen molar-refractivity contribution in [3.63, 3.8) is 0 Å². The molecule has 9 aromatic carbocycles. The molecule has 11 rings (SSSR count). The molecule has 0 fully saturated rings. The third-order valence-corrected chi connectivity index (χ3v) is 13.9. The fourth-order valence-corrected chi connectivity index (χ4v) is 10.5. The van der Waals surface area contributed by atoms with E-state index in [1.54, 1.807) is 0 Å². The number of rotatable bonds is 9. The maximum absolute atomic E-state index is 6.47. The average Bonchev–Trinajstić information content (AvgIpc) is 3.75. The van der Waals surface area contributed by atoms with Gasteiger partial charge in [0.2, 0.25) is 0 Å². The number of hydrogen-bond donors (Lipinski definition) is 0. The van der Waals surface area contributed by atoms with Crippen molar-refractivity contribution in [3.05, 3.63) is 257 Å². The van der Waals surface area contributed by atoms with Gasteiger partial charge in [-0.1, -0.05) is 185 Å². The summed E-state index contributed by atoms with van der Waals surface area (Å²) in [7, 11) is 0. The van der Waals surface area contributed by atoms with Crippen molar-refractivity contribution in [2.45, 2.75) is 51.4 Å². The smallest absolute Gasteiger partial charge is 0.127 e. The molecule has 0 radical (unpaired) electrons. The summed E-state index contributed by atoms with van der Waals surface area (Å²) in [6.45, 7) is 11.3.